The molecule has 1 aromatic carbocycles. The zero-order chi connectivity index (χ0) is 23.3. The fourth-order valence-electron chi connectivity index (χ4n) is 4.83. The van der Waals surface area contributed by atoms with E-state index in [9.17, 15) is 9.18 Å². The molecular weight excluding hydrogens is 419 g/mol. The zero-order valence-corrected chi connectivity index (χ0v) is 19.0. The molecule has 0 radical (unpaired) electrons. The van der Waals surface area contributed by atoms with Crippen LogP contribution in [0, 0.1) is 12.7 Å². The number of nitrogens with zero attached hydrogens (tertiary/aromatic N) is 3. The van der Waals surface area contributed by atoms with Gasteiger partial charge in [0, 0.05) is 30.6 Å². The molecule has 168 valence electrons. The molecule has 0 fully saturated rings. The van der Waals surface area contributed by atoms with Crippen LogP contribution in [0.3, 0.4) is 0 Å². The van der Waals surface area contributed by atoms with Gasteiger partial charge in [0.2, 0.25) is 11.8 Å². The SMILES string of the molecule is CC1=CC(C(C)c2ccc(F)cc2)=CC(c2nnc(C)o2)C1(C)n1ccc2cc[nH]c(=O)c21. The van der Waals surface area contributed by atoms with Crippen molar-refractivity contribution in [2.75, 3.05) is 0 Å². The largest absolute Gasteiger partial charge is 0.425 e. The number of H-pyrrole nitrogens is 1. The minimum Gasteiger partial charge on any atom is -0.425 e. The summed E-state index contributed by atoms with van der Waals surface area (Å²) in [7, 11) is 0. The van der Waals surface area contributed by atoms with Crippen LogP contribution in [0.5, 0.6) is 0 Å². The Labute approximate surface area is 190 Å². The van der Waals surface area contributed by atoms with E-state index in [0.717, 1.165) is 22.1 Å². The highest BCUT2D eigenvalue weighted by Gasteiger charge is 2.44. The normalized spacial score (nSPS) is 21.7. The fourth-order valence-corrected chi connectivity index (χ4v) is 4.83. The summed E-state index contributed by atoms with van der Waals surface area (Å²) in [6.07, 6.45) is 7.88. The molecule has 7 heteroatoms. The highest BCUT2D eigenvalue weighted by molar-refractivity contribution is 5.79. The number of allylic oxidation sites excluding steroid dienone is 4. The number of benzene rings is 1. The van der Waals surface area contributed by atoms with E-state index in [1.165, 1.54) is 12.1 Å². The highest BCUT2D eigenvalue weighted by atomic mass is 19.1. The molecule has 0 saturated carbocycles. The molecule has 0 saturated heterocycles. The lowest BCUT2D eigenvalue weighted by Gasteiger charge is -2.41. The van der Waals surface area contributed by atoms with Crippen molar-refractivity contribution < 1.29 is 8.81 Å². The van der Waals surface area contributed by atoms with Crippen molar-refractivity contribution in [2.24, 2.45) is 0 Å². The van der Waals surface area contributed by atoms with Gasteiger partial charge in [0.1, 0.15) is 11.3 Å². The molecule has 3 unspecified atom stereocenters. The highest BCUT2D eigenvalue weighted by Crippen LogP contribution is 2.48. The van der Waals surface area contributed by atoms with Gasteiger partial charge in [-0.05, 0) is 54.8 Å². The Morgan fingerprint density at radius 1 is 1.15 bits per heavy atom. The van der Waals surface area contributed by atoms with E-state index in [2.05, 4.69) is 48.1 Å². The summed E-state index contributed by atoms with van der Waals surface area (Å²) in [5.74, 6) is 0.432. The zero-order valence-electron chi connectivity index (χ0n) is 19.0. The van der Waals surface area contributed by atoms with E-state index in [-0.39, 0.29) is 23.2 Å². The molecule has 0 bridgehead atoms. The van der Waals surface area contributed by atoms with Crippen LogP contribution in [0.15, 0.2) is 81.3 Å². The van der Waals surface area contributed by atoms with Crippen molar-refractivity contribution in [3.05, 3.63) is 106 Å². The van der Waals surface area contributed by atoms with Crippen LogP contribution in [0.4, 0.5) is 4.39 Å². The molecule has 1 aliphatic rings. The third kappa shape index (κ3) is 3.35. The van der Waals surface area contributed by atoms with Crippen molar-refractivity contribution in [1.82, 2.24) is 19.7 Å². The van der Waals surface area contributed by atoms with Crippen LogP contribution in [0.25, 0.3) is 10.9 Å². The first-order valence-corrected chi connectivity index (χ1v) is 10.9. The quantitative estimate of drug-likeness (QED) is 0.460. The standard InChI is InChI=1S/C26H25FN4O2/c1-15-13-20(16(2)18-5-7-21(27)8-6-18)14-22(25-30-29-17(3)33-25)26(15,4)31-12-10-19-9-11-28-24(32)23(19)31/h5-14,16,22H,1-4H3,(H,28,32). The van der Waals surface area contributed by atoms with Gasteiger partial charge < -0.3 is 14.0 Å². The molecule has 3 heterocycles. The van der Waals surface area contributed by atoms with Gasteiger partial charge in [0.05, 0.1) is 11.5 Å². The Morgan fingerprint density at radius 2 is 1.91 bits per heavy atom. The minimum absolute atomic E-state index is 0.0291. The van der Waals surface area contributed by atoms with Gasteiger partial charge in [0.25, 0.3) is 5.56 Å². The molecule has 1 N–H and O–H groups in total. The molecule has 4 aromatic rings. The molecule has 0 spiro atoms. The van der Waals surface area contributed by atoms with Crippen molar-refractivity contribution in [1.29, 1.82) is 0 Å². The molecule has 1 aliphatic carbocycles. The number of halogens is 1. The van der Waals surface area contributed by atoms with Crippen LogP contribution in [0.1, 0.15) is 50.0 Å². The van der Waals surface area contributed by atoms with Crippen LogP contribution in [-0.4, -0.2) is 19.7 Å². The Balaban J connectivity index is 1.70. The predicted molar refractivity (Wildman–Crippen MR) is 125 cm³/mol. The Kier molecular flexibility index (Phi) is 4.92. The van der Waals surface area contributed by atoms with Gasteiger partial charge in [-0.15, -0.1) is 10.2 Å². The molecule has 3 atom stereocenters. The average Bonchev–Trinajstić information content (AvgIpc) is 3.43. The summed E-state index contributed by atoms with van der Waals surface area (Å²) in [5.41, 5.74) is 2.93. The third-order valence-corrected chi connectivity index (χ3v) is 6.93. The molecule has 33 heavy (non-hydrogen) atoms. The fraction of sp³-hybridized carbons (Fsp3) is 0.269. The van der Waals surface area contributed by atoms with Gasteiger partial charge in [-0.25, -0.2) is 4.39 Å². The number of hydrogen-bond acceptors (Lipinski definition) is 4. The van der Waals surface area contributed by atoms with E-state index < -0.39 is 5.54 Å². The Bertz CT molecular complexity index is 1460. The lowest BCUT2D eigenvalue weighted by molar-refractivity contribution is 0.300. The van der Waals surface area contributed by atoms with Gasteiger partial charge in [-0.3, -0.25) is 4.79 Å². The molecule has 5 rings (SSSR count). The predicted octanol–water partition coefficient (Wildman–Crippen LogP) is 5.35. The van der Waals surface area contributed by atoms with Crippen molar-refractivity contribution in [3.63, 3.8) is 0 Å². The maximum absolute atomic E-state index is 13.5. The third-order valence-electron chi connectivity index (χ3n) is 6.93. The second-order valence-electron chi connectivity index (χ2n) is 8.85. The van der Waals surface area contributed by atoms with Crippen LogP contribution in [-0.2, 0) is 5.54 Å². The van der Waals surface area contributed by atoms with Crippen LogP contribution < -0.4 is 5.56 Å². The molecular formula is C26H25FN4O2. The number of aromatic nitrogens is 4. The van der Waals surface area contributed by atoms with Crippen molar-refractivity contribution in [2.45, 2.75) is 45.1 Å². The topological polar surface area (TPSA) is 76.7 Å². The molecule has 3 aromatic heterocycles. The maximum Gasteiger partial charge on any atom is 0.272 e. The molecule has 6 nitrogen and oxygen atoms in total. The molecule has 0 amide bonds. The lowest BCUT2D eigenvalue weighted by Crippen LogP contribution is -2.40. The van der Waals surface area contributed by atoms with Gasteiger partial charge in [-0.2, -0.15) is 0 Å². The number of rotatable bonds is 4. The van der Waals surface area contributed by atoms with Crippen LogP contribution >= 0.6 is 0 Å². The number of fused-ring (bicyclic) bond motifs is 1. The Morgan fingerprint density at radius 3 is 2.61 bits per heavy atom. The summed E-state index contributed by atoms with van der Waals surface area (Å²) in [5, 5.41) is 9.28. The van der Waals surface area contributed by atoms with Crippen LogP contribution in [0.2, 0.25) is 0 Å². The lowest BCUT2D eigenvalue weighted by atomic mass is 9.72. The first-order valence-electron chi connectivity index (χ1n) is 10.9. The summed E-state index contributed by atoms with van der Waals surface area (Å²) >= 11 is 0. The van der Waals surface area contributed by atoms with E-state index in [1.807, 2.05) is 35.0 Å². The van der Waals surface area contributed by atoms with E-state index in [4.69, 9.17) is 4.42 Å². The molecule has 0 aliphatic heterocycles. The van der Waals surface area contributed by atoms with E-state index >= 15 is 0 Å². The number of pyridine rings is 1. The second-order valence-corrected chi connectivity index (χ2v) is 8.85. The van der Waals surface area contributed by atoms with E-state index in [1.54, 1.807) is 13.1 Å². The summed E-state index contributed by atoms with van der Waals surface area (Å²) in [4.78, 5) is 15.6. The summed E-state index contributed by atoms with van der Waals surface area (Å²) in [6, 6.07) is 10.4. The first-order chi connectivity index (χ1) is 15.8. The minimum atomic E-state index is -0.652. The van der Waals surface area contributed by atoms with E-state index in [0.29, 0.717) is 17.3 Å². The maximum atomic E-state index is 13.5. The Hall–Kier alpha value is -3.74. The number of nitrogens with one attached hydrogen (secondary N) is 1. The monoisotopic (exact) mass is 444 g/mol. The van der Waals surface area contributed by atoms with Gasteiger partial charge >= 0.3 is 0 Å². The van der Waals surface area contributed by atoms with Crippen molar-refractivity contribution in [3.8, 4) is 0 Å². The number of aryl methyl sites for hydroxylation is 1. The number of hydrogen-bond donors (Lipinski definition) is 1. The van der Waals surface area contributed by atoms with Gasteiger partial charge in [-0.1, -0.05) is 31.2 Å². The average molecular weight is 445 g/mol. The second kappa shape index (κ2) is 7.69. The van der Waals surface area contributed by atoms with Gasteiger partial charge in [0.15, 0.2) is 0 Å². The smallest absolute Gasteiger partial charge is 0.272 e. The van der Waals surface area contributed by atoms with Crippen molar-refractivity contribution >= 4 is 10.9 Å². The summed E-state index contributed by atoms with van der Waals surface area (Å²) in [6.45, 7) is 8.01. The first kappa shape index (κ1) is 21.1. The summed E-state index contributed by atoms with van der Waals surface area (Å²) < 4.78 is 21.4. The number of aromatic amines is 1.